The zero-order valence-corrected chi connectivity index (χ0v) is 19.6. The Balaban J connectivity index is 1.41. The molecule has 3 aliphatic carbocycles. The molecule has 3 aromatic carbocycles. The normalized spacial score (nSPS) is 25.7. The van der Waals surface area contributed by atoms with E-state index in [0.717, 1.165) is 47.8 Å². The predicted molar refractivity (Wildman–Crippen MR) is 133 cm³/mol. The third-order valence-electron chi connectivity index (χ3n) is 7.98. The van der Waals surface area contributed by atoms with Gasteiger partial charge in [0.1, 0.15) is 12.0 Å². The maximum Gasteiger partial charge on any atom is 0.239 e. The number of unbranched alkanes of at least 4 members (excludes halogenated alkanes) is 2. The van der Waals surface area contributed by atoms with Crippen LogP contribution in [0, 0.1) is 11.8 Å². The van der Waals surface area contributed by atoms with E-state index < -0.39 is 17.3 Å². The maximum absolute atomic E-state index is 14.0. The number of anilines is 1. The van der Waals surface area contributed by atoms with Crippen LogP contribution in [0.1, 0.15) is 54.4 Å². The second-order valence-corrected chi connectivity index (χ2v) is 9.70. The van der Waals surface area contributed by atoms with Crippen molar-refractivity contribution in [2.45, 2.75) is 37.5 Å². The number of amides is 2. The molecule has 1 saturated heterocycles. The first-order chi connectivity index (χ1) is 17.1. The number of ether oxygens (including phenoxy) is 1. The van der Waals surface area contributed by atoms with Gasteiger partial charge in [0.25, 0.3) is 0 Å². The highest BCUT2D eigenvalue weighted by atomic mass is 16.5. The molecule has 3 aromatic rings. The molecular formula is C30H27NO4. The van der Waals surface area contributed by atoms with E-state index in [1.165, 1.54) is 4.90 Å². The summed E-state index contributed by atoms with van der Waals surface area (Å²) in [6.45, 7) is 2.79. The Labute approximate surface area is 204 Å². The van der Waals surface area contributed by atoms with Gasteiger partial charge in [-0.2, -0.15) is 0 Å². The Morgan fingerprint density at radius 1 is 0.857 bits per heavy atom. The van der Waals surface area contributed by atoms with E-state index in [4.69, 9.17) is 4.74 Å². The monoisotopic (exact) mass is 465 g/mol. The lowest BCUT2D eigenvalue weighted by molar-refractivity contribution is -0.128. The van der Waals surface area contributed by atoms with Crippen molar-refractivity contribution in [3.63, 3.8) is 0 Å². The van der Waals surface area contributed by atoms with Gasteiger partial charge >= 0.3 is 0 Å². The summed E-state index contributed by atoms with van der Waals surface area (Å²) >= 11 is 0. The van der Waals surface area contributed by atoms with Crippen molar-refractivity contribution in [3.05, 3.63) is 95.1 Å². The molecule has 5 nitrogen and oxygen atoms in total. The molecule has 5 heteroatoms. The summed E-state index contributed by atoms with van der Waals surface area (Å²) < 4.78 is 5.80. The van der Waals surface area contributed by atoms with Gasteiger partial charge in [-0.15, -0.1) is 0 Å². The van der Waals surface area contributed by atoms with Crippen molar-refractivity contribution in [2.24, 2.45) is 11.8 Å². The highest BCUT2D eigenvalue weighted by Gasteiger charge is 2.68. The van der Waals surface area contributed by atoms with Gasteiger partial charge < -0.3 is 9.53 Å². The van der Waals surface area contributed by atoms with Crippen LogP contribution in [0.4, 0.5) is 5.69 Å². The van der Waals surface area contributed by atoms with Crippen molar-refractivity contribution < 1.29 is 19.1 Å². The molecule has 2 atom stereocenters. The Morgan fingerprint density at radius 2 is 1.49 bits per heavy atom. The van der Waals surface area contributed by atoms with Crippen LogP contribution in [0.2, 0.25) is 0 Å². The number of aldehydes is 1. The minimum atomic E-state index is -1.17. The van der Waals surface area contributed by atoms with E-state index >= 15 is 0 Å². The number of nitrogens with zero attached hydrogens (tertiary/aromatic N) is 1. The van der Waals surface area contributed by atoms with Crippen LogP contribution in [0.5, 0.6) is 5.75 Å². The highest BCUT2D eigenvalue weighted by Crippen LogP contribution is 2.63. The first-order valence-corrected chi connectivity index (χ1v) is 12.4. The summed E-state index contributed by atoms with van der Waals surface area (Å²) in [7, 11) is 0. The van der Waals surface area contributed by atoms with Crippen LogP contribution in [0.15, 0.2) is 72.8 Å². The molecule has 2 amide bonds. The smallest absolute Gasteiger partial charge is 0.239 e. The Kier molecular flexibility index (Phi) is 5.10. The topological polar surface area (TPSA) is 63.7 Å². The standard InChI is InChI=1S/C30H27NO4/c1-2-3-8-17-35-20-15-13-19(14-16-20)31-28(33)26-25-21-9-4-6-11-23(21)30(18-32,27(26)29(31)34)24-12-7-5-10-22(24)25/h4-7,9-16,18,25-27H,2-3,8,17H2,1H3/t25?,26-,27-,30?/m0/s1. The number of hydrogen-bond acceptors (Lipinski definition) is 4. The van der Waals surface area contributed by atoms with E-state index in [0.29, 0.717) is 18.0 Å². The zero-order valence-electron chi connectivity index (χ0n) is 19.6. The molecule has 0 unspecified atom stereocenters. The van der Waals surface area contributed by atoms with Crippen molar-refractivity contribution >= 4 is 23.8 Å². The molecule has 1 aliphatic heterocycles. The van der Waals surface area contributed by atoms with E-state index in [1.54, 1.807) is 24.3 Å². The summed E-state index contributed by atoms with van der Waals surface area (Å²) in [6, 6.07) is 22.7. The Morgan fingerprint density at radius 3 is 2.09 bits per heavy atom. The summed E-state index contributed by atoms with van der Waals surface area (Å²) in [5.74, 6) is -1.45. The number of imide groups is 1. The third-order valence-corrected chi connectivity index (χ3v) is 7.98. The number of hydrogen-bond donors (Lipinski definition) is 0. The second kappa shape index (κ2) is 8.19. The van der Waals surface area contributed by atoms with Gasteiger partial charge in [-0.3, -0.25) is 9.59 Å². The Bertz CT molecular complexity index is 1280. The third kappa shape index (κ3) is 2.90. The minimum Gasteiger partial charge on any atom is -0.494 e. The molecule has 35 heavy (non-hydrogen) atoms. The maximum atomic E-state index is 14.0. The van der Waals surface area contributed by atoms with Gasteiger partial charge in [0.2, 0.25) is 11.8 Å². The fourth-order valence-electron chi connectivity index (χ4n) is 6.52. The quantitative estimate of drug-likeness (QED) is 0.280. The lowest BCUT2D eigenvalue weighted by atomic mass is 9.48. The van der Waals surface area contributed by atoms with Crippen LogP contribution < -0.4 is 9.64 Å². The molecular weight excluding hydrogens is 438 g/mol. The predicted octanol–water partition coefficient (Wildman–Crippen LogP) is 5.01. The van der Waals surface area contributed by atoms with Crippen LogP contribution in [0.3, 0.4) is 0 Å². The largest absolute Gasteiger partial charge is 0.494 e. The molecule has 1 heterocycles. The molecule has 176 valence electrons. The lowest BCUT2D eigenvalue weighted by Crippen LogP contribution is -2.54. The van der Waals surface area contributed by atoms with Gasteiger partial charge in [-0.1, -0.05) is 68.3 Å². The van der Waals surface area contributed by atoms with Gasteiger partial charge in [0, 0.05) is 5.92 Å². The molecule has 1 fully saturated rings. The van der Waals surface area contributed by atoms with Crippen molar-refractivity contribution in [2.75, 3.05) is 11.5 Å². The SMILES string of the molecule is CCCCCOc1ccc(N2C(=O)[C@@H]3[C@@H](C2=O)C2c4ccccc4C3(C=O)c3ccccc32)cc1. The molecule has 0 radical (unpaired) electrons. The molecule has 0 aromatic heterocycles. The molecule has 4 aliphatic rings. The molecule has 0 saturated carbocycles. The van der Waals surface area contributed by atoms with Crippen LogP contribution in [0.25, 0.3) is 0 Å². The number of carbonyl (C=O) groups excluding carboxylic acids is 3. The summed E-state index contributed by atoms with van der Waals surface area (Å²) in [4.78, 5) is 42.2. The zero-order chi connectivity index (χ0) is 24.2. The number of rotatable bonds is 7. The first-order valence-electron chi connectivity index (χ1n) is 12.4. The van der Waals surface area contributed by atoms with Crippen LogP contribution in [-0.4, -0.2) is 24.7 Å². The van der Waals surface area contributed by atoms with Gasteiger partial charge in [-0.25, -0.2) is 4.90 Å². The molecule has 0 spiro atoms. The van der Waals surface area contributed by atoms with Crippen molar-refractivity contribution in [3.8, 4) is 5.75 Å². The number of benzene rings is 3. The average molecular weight is 466 g/mol. The van der Waals surface area contributed by atoms with Crippen LogP contribution in [-0.2, 0) is 19.8 Å². The molecule has 0 N–H and O–H groups in total. The van der Waals surface area contributed by atoms with Gasteiger partial charge in [-0.05, 0) is 52.9 Å². The van der Waals surface area contributed by atoms with E-state index in [2.05, 4.69) is 6.92 Å². The lowest BCUT2D eigenvalue weighted by Gasteiger charge is -2.51. The molecule has 2 bridgehead atoms. The summed E-state index contributed by atoms with van der Waals surface area (Å²) in [6.07, 6.45) is 4.13. The van der Waals surface area contributed by atoms with Gasteiger partial charge in [0.05, 0.1) is 29.5 Å². The van der Waals surface area contributed by atoms with E-state index in [-0.39, 0.29) is 17.7 Å². The average Bonchev–Trinajstić information content (AvgIpc) is 3.17. The Hall–Kier alpha value is -3.73. The van der Waals surface area contributed by atoms with Crippen LogP contribution >= 0.6 is 0 Å². The summed E-state index contributed by atoms with van der Waals surface area (Å²) in [5, 5.41) is 0. The molecule has 7 rings (SSSR count). The summed E-state index contributed by atoms with van der Waals surface area (Å²) in [5.41, 5.74) is 2.98. The van der Waals surface area contributed by atoms with E-state index in [9.17, 15) is 14.4 Å². The van der Waals surface area contributed by atoms with E-state index in [1.807, 2.05) is 48.5 Å². The highest BCUT2D eigenvalue weighted by molar-refractivity contribution is 6.24. The fraction of sp³-hybridized carbons (Fsp3) is 0.300. The minimum absolute atomic E-state index is 0.239. The van der Waals surface area contributed by atoms with Gasteiger partial charge in [0.15, 0.2) is 0 Å². The fourth-order valence-corrected chi connectivity index (χ4v) is 6.52. The van der Waals surface area contributed by atoms with Crippen molar-refractivity contribution in [1.82, 2.24) is 0 Å². The first kappa shape index (κ1) is 21.8. The van der Waals surface area contributed by atoms with Crippen molar-refractivity contribution in [1.29, 1.82) is 0 Å². The number of carbonyl (C=O) groups is 3. The second-order valence-electron chi connectivity index (χ2n) is 9.70.